The van der Waals surface area contributed by atoms with Gasteiger partial charge in [-0.3, -0.25) is 19.2 Å². The average molecular weight is 720 g/mol. The highest BCUT2D eigenvalue weighted by Gasteiger charge is 2.70. The molecule has 4 fully saturated rings. The first-order valence-corrected chi connectivity index (χ1v) is 20.0. The number of ketones is 1. The molecule has 0 bridgehead atoms. The maximum absolute atomic E-state index is 14.5. The van der Waals surface area contributed by atoms with E-state index < -0.39 is 73.2 Å². The number of carbonyl (C=O) groups is 5. The fourth-order valence-electron chi connectivity index (χ4n) is 7.90. The molecule has 5 amide bonds. The maximum atomic E-state index is 14.5. The van der Waals surface area contributed by atoms with E-state index in [1.54, 1.807) is 20.8 Å². The number of urea groups is 1. The van der Waals surface area contributed by atoms with Gasteiger partial charge in [0.25, 0.3) is 5.91 Å². The van der Waals surface area contributed by atoms with Crippen LogP contribution in [0.2, 0.25) is 0 Å². The molecular formula is C37H61N5O7S. The minimum absolute atomic E-state index is 0.0567. The highest BCUT2D eigenvalue weighted by Crippen LogP contribution is 2.65. The Kier molecular flexibility index (Phi) is 11.6. The van der Waals surface area contributed by atoms with Crippen molar-refractivity contribution in [3.05, 3.63) is 12.7 Å². The summed E-state index contributed by atoms with van der Waals surface area (Å²) in [5.41, 5.74) is -1.93. The van der Waals surface area contributed by atoms with Crippen LogP contribution in [0.3, 0.4) is 0 Å². The normalized spacial score (nSPS) is 25.4. The zero-order chi connectivity index (χ0) is 37.4. The van der Waals surface area contributed by atoms with Gasteiger partial charge in [-0.05, 0) is 75.0 Å². The van der Waals surface area contributed by atoms with Gasteiger partial charge in [-0.15, -0.1) is 6.58 Å². The van der Waals surface area contributed by atoms with Gasteiger partial charge < -0.3 is 26.2 Å². The number of fused-ring (bicyclic) bond motifs is 1. The zero-order valence-corrected chi connectivity index (χ0v) is 32.3. The molecule has 1 saturated heterocycles. The number of hydrogen-bond acceptors (Lipinski definition) is 7. The topological polar surface area (TPSA) is 171 Å². The molecule has 3 aliphatic carbocycles. The third-order valence-electron chi connectivity index (χ3n) is 11.6. The summed E-state index contributed by atoms with van der Waals surface area (Å²) in [5, 5.41) is 11.3. The molecule has 4 N–H and O–H groups in total. The third kappa shape index (κ3) is 8.91. The van der Waals surface area contributed by atoms with Gasteiger partial charge in [0.15, 0.2) is 9.84 Å². The highest BCUT2D eigenvalue weighted by molar-refractivity contribution is 7.92. The molecule has 0 aromatic heterocycles. The van der Waals surface area contributed by atoms with Crippen molar-refractivity contribution >= 4 is 39.4 Å². The Bertz CT molecular complexity index is 1450. The summed E-state index contributed by atoms with van der Waals surface area (Å²) >= 11 is 0. The summed E-state index contributed by atoms with van der Waals surface area (Å²) in [4.78, 5) is 69.8. The number of sulfone groups is 1. The van der Waals surface area contributed by atoms with Crippen molar-refractivity contribution in [2.24, 2.45) is 28.6 Å². The van der Waals surface area contributed by atoms with Gasteiger partial charge >= 0.3 is 6.03 Å². The first kappa shape index (κ1) is 39.8. The summed E-state index contributed by atoms with van der Waals surface area (Å²) in [6.45, 7) is 18.6. The molecule has 282 valence electrons. The van der Waals surface area contributed by atoms with E-state index in [1.807, 2.05) is 20.8 Å². The SMILES string of the molecule is C=CCNC(=O)C(=O)[C@H](CCC1CC1)NC(=O)[C@@H]1[C@@H]2[C@H](CN1C(=O)[C@@H](NC(=O)NC1(CS(=O)(=O)C(C)(C)C)CCCCC1)C(C)(C)C)C2(C)C. The van der Waals surface area contributed by atoms with Crippen LogP contribution in [0.1, 0.15) is 113 Å². The van der Waals surface area contributed by atoms with E-state index in [9.17, 15) is 32.4 Å². The Hall–Kier alpha value is -2.96. The molecule has 0 radical (unpaired) electrons. The Balaban J connectivity index is 1.55. The quantitative estimate of drug-likeness (QED) is 0.157. The van der Waals surface area contributed by atoms with Crippen LogP contribution in [0.25, 0.3) is 0 Å². The van der Waals surface area contributed by atoms with Gasteiger partial charge in [0.05, 0.1) is 22.1 Å². The lowest BCUT2D eigenvalue weighted by Gasteiger charge is -2.41. The van der Waals surface area contributed by atoms with E-state index in [0.29, 0.717) is 38.1 Å². The van der Waals surface area contributed by atoms with E-state index in [2.05, 4.69) is 41.7 Å². The first-order chi connectivity index (χ1) is 23.0. The lowest BCUT2D eigenvalue weighted by atomic mass is 9.83. The van der Waals surface area contributed by atoms with Gasteiger partial charge in [-0.25, -0.2) is 13.2 Å². The fraction of sp³-hybridized carbons (Fsp3) is 0.811. The summed E-state index contributed by atoms with van der Waals surface area (Å²) in [6.07, 6.45) is 8.18. The summed E-state index contributed by atoms with van der Waals surface area (Å²) in [6, 6.07) is -3.56. The van der Waals surface area contributed by atoms with Gasteiger partial charge in [-0.2, -0.15) is 0 Å². The van der Waals surface area contributed by atoms with Crippen LogP contribution in [0.4, 0.5) is 4.79 Å². The molecule has 50 heavy (non-hydrogen) atoms. The van der Waals surface area contributed by atoms with Gasteiger partial charge in [0.1, 0.15) is 12.1 Å². The largest absolute Gasteiger partial charge is 0.346 e. The van der Waals surface area contributed by atoms with E-state index in [-0.39, 0.29) is 29.5 Å². The molecule has 4 rings (SSSR count). The van der Waals surface area contributed by atoms with E-state index in [0.717, 1.165) is 32.1 Å². The minimum atomic E-state index is -3.56. The van der Waals surface area contributed by atoms with Crippen LogP contribution in [0, 0.1) is 28.6 Å². The third-order valence-corrected chi connectivity index (χ3v) is 14.4. The Labute approximate surface area is 299 Å². The van der Waals surface area contributed by atoms with Crippen LogP contribution in [-0.4, -0.2) is 90.1 Å². The summed E-state index contributed by atoms with van der Waals surface area (Å²) < 4.78 is 25.7. The second-order valence-corrected chi connectivity index (χ2v) is 20.7. The molecule has 0 unspecified atom stereocenters. The van der Waals surface area contributed by atoms with Crippen molar-refractivity contribution < 1.29 is 32.4 Å². The smallest absolute Gasteiger partial charge is 0.315 e. The van der Waals surface area contributed by atoms with Crippen LogP contribution in [0.15, 0.2) is 12.7 Å². The molecule has 13 heteroatoms. The van der Waals surface area contributed by atoms with Crippen molar-refractivity contribution in [1.82, 2.24) is 26.2 Å². The first-order valence-electron chi connectivity index (χ1n) is 18.4. The number of hydrogen-bond donors (Lipinski definition) is 4. The lowest BCUT2D eigenvalue weighted by Crippen LogP contribution is -2.64. The second kappa shape index (κ2) is 14.6. The van der Waals surface area contributed by atoms with Crippen molar-refractivity contribution in [3.8, 4) is 0 Å². The minimum Gasteiger partial charge on any atom is -0.346 e. The van der Waals surface area contributed by atoms with Gasteiger partial charge in [0.2, 0.25) is 17.6 Å². The van der Waals surface area contributed by atoms with Crippen LogP contribution in [0.5, 0.6) is 0 Å². The Morgan fingerprint density at radius 3 is 2.12 bits per heavy atom. The highest BCUT2D eigenvalue weighted by atomic mass is 32.2. The van der Waals surface area contributed by atoms with Crippen LogP contribution in [-0.2, 0) is 29.0 Å². The molecule has 4 aliphatic rings. The van der Waals surface area contributed by atoms with Crippen molar-refractivity contribution in [1.29, 1.82) is 0 Å². The summed E-state index contributed by atoms with van der Waals surface area (Å²) in [5.74, 6) is -2.22. The fourth-order valence-corrected chi connectivity index (χ4v) is 9.42. The molecule has 1 heterocycles. The summed E-state index contributed by atoms with van der Waals surface area (Å²) in [7, 11) is -3.56. The number of carbonyl (C=O) groups excluding carboxylic acids is 5. The number of nitrogens with zero attached hydrogens (tertiary/aromatic N) is 1. The predicted molar refractivity (Wildman–Crippen MR) is 193 cm³/mol. The number of amides is 5. The molecule has 0 spiro atoms. The molecule has 3 saturated carbocycles. The molecule has 12 nitrogen and oxygen atoms in total. The standard InChI is InChI=1S/C37H61N5O7S/c1-10-20-38-31(45)28(43)25(17-16-23-14-15-23)39-30(44)27-26-24(36(26,8)9)21-42(27)32(46)29(34(2,3)4)40-33(47)41-37(18-12-11-13-19-37)22-50(48,49)35(5,6)7/h10,23-27,29H,1,11-22H2,2-9H3,(H,38,45)(H,39,44)(H2,40,41,47)/t24-,25-,26-,27-,29+/m0/s1. The zero-order valence-electron chi connectivity index (χ0n) is 31.4. The molecule has 0 aromatic rings. The van der Waals surface area contributed by atoms with Crippen LogP contribution >= 0.6 is 0 Å². The van der Waals surface area contributed by atoms with E-state index in [1.165, 1.54) is 11.0 Å². The van der Waals surface area contributed by atoms with Crippen molar-refractivity contribution in [3.63, 3.8) is 0 Å². The number of Topliss-reactive ketones (excluding diaryl/α,β-unsaturated/α-hetero) is 1. The number of piperidine rings is 1. The number of rotatable bonds is 14. The van der Waals surface area contributed by atoms with E-state index >= 15 is 0 Å². The molecule has 0 aromatic carbocycles. The van der Waals surface area contributed by atoms with Crippen molar-refractivity contribution in [2.75, 3.05) is 18.8 Å². The predicted octanol–water partition coefficient (Wildman–Crippen LogP) is 3.65. The van der Waals surface area contributed by atoms with Gasteiger partial charge in [0, 0.05) is 13.1 Å². The Morgan fingerprint density at radius 1 is 0.960 bits per heavy atom. The van der Waals surface area contributed by atoms with Crippen LogP contribution < -0.4 is 21.3 Å². The van der Waals surface area contributed by atoms with Gasteiger partial charge in [-0.1, -0.05) is 72.8 Å². The number of likely N-dealkylation sites (tertiary alicyclic amines) is 1. The lowest BCUT2D eigenvalue weighted by molar-refractivity contribution is -0.145. The average Bonchev–Trinajstić information content (AvgIpc) is 3.87. The second-order valence-electron chi connectivity index (χ2n) is 17.9. The monoisotopic (exact) mass is 719 g/mol. The Morgan fingerprint density at radius 2 is 1.58 bits per heavy atom. The maximum Gasteiger partial charge on any atom is 0.315 e. The molecule has 1 aliphatic heterocycles. The van der Waals surface area contributed by atoms with Crippen molar-refractivity contribution in [2.45, 2.75) is 142 Å². The van der Waals surface area contributed by atoms with E-state index in [4.69, 9.17) is 0 Å². The molecular weight excluding hydrogens is 659 g/mol. The number of nitrogens with one attached hydrogen (secondary N) is 4. The molecule has 5 atom stereocenters.